The Morgan fingerprint density at radius 2 is 2.14 bits per heavy atom. The lowest BCUT2D eigenvalue weighted by Gasteiger charge is -2.22. The Labute approximate surface area is 168 Å². The molecule has 2 heterocycles. The summed E-state index contributed by atoms with van der Waals surface area (Å²) in [4.78, 5) is 28.4. The van der Waals surface area contributed by atoms with Crippen LogP contribution in [0.2, 0.25) is 0 Å². The van der Waals surface area contributed by atoms with Gasteiger partial charge in [0.15, 0.2) is 5.82 Å². The quantitative estimate of drug-likeness (QED) is 0.705. The minimum absolute atomic E-state index is 0.110. The number of aromatic amines is 1. The smallest absolute Gasteiger partial charge is 0.407 e. The van der Waals surface area contributed by atoms with Gasteiger partial charge in [-0.3, -0.25) is 9.89 Å². The van der Waals surface area contributed by atoms with E-state index in [-0.39, 0.29) is 36.0 Å². The van der Waals surface area contributed by atoms with Gasteiger partial charge in [0.05, 0.1) is 17.1 Å². The highest BCUT2D eigenvalue weighted by atomic mass is 32.1. The molecule has 0 spiro atoms. The van der Waals surface area contributed by atoms with Crippen molar-refractivity contribution in [2.24, 2.45) is 0 Å². The van der Waals surface area contributed by atoms with Crippen molar-refractivity contribution in [2.75, 3.05) is 5.32 Å². The van der Waals surface area contributed by atoms with Crippen molar-refractivity contribution in [1.82, 2.24) is 20.5 Å². The van der Waals surface area contributed by atoms with Gasteiger partial charge in [0.1, 0.15) is 6.10 Å². The number of ether oxygens (including phenoxy) is 1. The number of rotatable bonds is 5. The van der Waals surface area contributed by atoms with Crippen LogP contribution < -0.4 is 10.6 Å². The van der Waals surface area contributed by atoms with Crippen LogP contribution in [0.5, 0.6) is 0 Å². The van der Waals surface area contributed by atoms with Gasteiger partial charge in [-0.2, -0.15) is 5.10 Å². The normalized spacial score (nSPS) is 19.4. The van der Waals surface area contributed by atoms with E-state index in [1.807, 2.05) is 39.1 Å². The Balaban J connectivity index is 1.49. The molecule has 28 heavy (non-hydrogen) atoms. The monoisotopic (exact) mass is 405 g/mol. The standard InChI is InChI=1S/C19H27N5O3S/c1-11-20-13(10-28-11)8-17(25)21-16-9-15(23-24-16)12-5-6-14(7-12)27-18(26)22-19(2,3)4/h9-10,12,14H,5-8H2,1-4H3,(H,22,26)(H2,21,23,24,25)/t12-,14+/m0/s1. The van der Waals surface area contributed by atoms with Gasteiger partial charge in [0.25, 0.3) is 0 Å². The minimum Gasteiger partial charge on any atom is -0.446 e. The van der Waals surface area contributed by atoms with E-state index in [2.05, 4.69) is 25.8 Å². The minimum atomic E-state index is -0.381. The lowest BCUT2D eigenvalue weighted by molar-refractivity contribution is -0.115. The summed E-state index contributed by atoms with van der Waals surface area (Å²) < 4.78 is 5.52. The van der Waals surface area contributed by atoms with E-state index in [0.717, 1.165) is 35.7 Å². The molecular formula is C19H27N5O3S. The van der Waals surface area contributed by atoms with Crippen LogP contribution in [0.3, 0.4) is 0 Å². The zero-order valence-corrected chi connectivity index (χ0v) is 17.5. The molecule has 0 aromatic carbocycles. The van der Waals surface area contributed by atoms with Crippen LogP contribution >= 0.6 is 11.3 Å². The molecule has 2 aromatic heterocycles. The first kappa shape index (κ1) is 20.3. The topological polar surface area (TPSA) is 109 Å². The summed E-state index contributed by atoms with van der Waals surface area (Å²) in [5.74, 6) is 0.586. The highest BCUT2D eigenvalue weighted by Crippen LogP contribution is 2.35. The van der Waals surface area contributed by atoms with E-state index in [0.29, 0.717) is 5.82 Å². The number of thiazole rings is 1. The number of carbonyl (C=O) groups is 2. The number of carbonyl (C=O) groups excluding carboxylic acids is 2. The number of hydrogen-bond donors (Lipinski definition) is 3. The molecular weight excluding hydrogens is 378 g/mol. The Morgan fingerprint density at radius 3 is 2.82 bits per heavy atom. The highest BCUT2D eigenvalue weighted by Gasteiger charge is 2.30. The number of aromatic nitrogens is 3. The summed E-state index contributed by atoms with van der Waals surface area (Å²) in [6.07, 6.45) is 2.20. The number of amides is 2. The molecule has 2 atom stereocenters. The van der Waals surface area contributed by atoms with Gasteiger partial charge in [-0.05, 0) is 47.0 Å². The van der Waals surface area contributed by atoms with Crippen molar-refractivity contribution >= 4 is 29.2 Å². The fourth-order valence-electron chi connectivity index (χ4n) is 3.27. The summed E-state index contributed by atoms with van der Waals surface area (Å²) in [6, 6.07) is 1.85. The molecule has 1 fully saturated rings. The predicted octanol–water partition coefficient (Wildman–Crippen LogP) is 3.52. The summed E-state index contributed by atoms with van der Waals surface area (Å²) in [5.41, 5.74) is 1.39. The number of alkyl carbamates (subject to hydrolysis) is 1. The molecule has 0 aliphatic heterocycles. The second kappa shape index (κ2) is 8.30. The van der Waals surface area contributed by atoms with E-state index < -0.39 is 0 Å². The van der Waals surface area contributed by atoms with E-state index in [1.54, 1.807) is 0 Å². The van der Waals surface area contributed by atoms with Gasteiger partial charge in [0.2, 0.25) is 5.91 Å². The molecule has 0 radical (unpaired) electrons. The van der Waals surface area contributed by atoms with Crippen molar-refractivity contribution in [2.45, 2.75) is 70.9 Å². The number of nitrogens with zero attached hydrogens (tertiary/aromatic N) is 2. The second-order valence-corrected chi connectivity index (χ2v) is 9.27. The molecule has 1 aliphatic carbocycles. The van der Waals surface area contributed by atoms with Crippen molar-refractivity contribution in [3.8, 4) is 0 Å². The SMILES string of the molecule is Cc1nc(CC(=O)Nc2cc([C@H]3CC[C@@H](OC(=O)NC(C)(C)C)C3)[nH]n2)cs1. The molecule has 1 aliphatic rings. The molecule has 2 amide bonds. The van der Waals surface area contributed by atoms with Crippen LogP contribution in [-0.2, 0) is 16.0 Å². The lowest BCUT2D eigenvalue weighted by Crippen LogP contribution is -2.42. The third-order valence-electron chi connectivity index (χ3n) is 4.45. The average molecular weight is 406 g/mol. The molecule has 3 rings (SSSR count). The van der Waals surface area contributed by atoms with E-state index >= 15 is 0 Å². The van der Waals surface area contributed by atoms with Crippen molar-refractivity contribution in [3.63, 3.8) is 0 Å². The third kappa shape index (κ3) is 5.79. The van der Waals surface area contributed by atoms with Crippen molar-refractivity contribution in [3.05, 3.63) is 27.8 Å². The van der Waals surface area contributed by atoms with Gasteiger partial charge < -0.3 is 15.4 Å². The van der Waals surface area contributed by atoms with E-state index in [4.69, 9.17) is 4.74 Å². The summed E-state index contributed by atoms with van der Waals surface area (Å²) >= 11 is 1.53. The molecule has 0 unspecified atom stereocenters. The first-order chi connectivity index (χ1) is 13.2. The Kier molecular flexibility index (Phi) is 6.02. The molecule has 0 bridgehead atoms. The largest absolute Gasteiger partial charge is 0.446 e. The van der Waals surface area contributed by atoms with Crippen molar-refractivity contribution in [1.29, 1.82) is 0 Å². The molecule has 2 aromatic rings. The number of nitrogens with one attached hydrogen (secondary N) is 3. The molecule has 3 N–H and O–H groups in total. The van der Waals surface area contributed by atoms with Crippen LogP contribution in [0, 0.1) is 6.92 Å². The summed E-state index contributed by atoms with van der Waals surface area (Å²) in [7, 11) is 0. The fraction of sp³-hybridized carbons (Fsp3) is 0.579. The maximum atomic E-state index is 12.1. The van der Waals surface area contributed by atoms with Gasteiger partial charge >= 0.3 is 6.09 Å². The van der Waals surface area contributed by atoms with Crippen LogP contribution in [0.15, 0.2) is 11.4 Å². The Morgan fingerprint density at radius 1 is 1.36 bits per heavy atom. The zero-order valence-electron chi connectivity index (χ0n) is 16.7. The molecule has 8 nitrogen and oxygen atoms in total. The fourth-order valence-corrected chi connectivity index (χ4v) is 3.88. The number of aryl methyl sites for hydroxylation is 1. The molecule has 0 saturated heterocycles. The second-order valence-electron chi connectivity index (χ2n) is 8.20. The molecule has 152 valence electrons. The van der Waals surface area contributed by atoms with Gasteiger partial charge in [-0.1, -0.05) is 0 Å². The third-order valence-corrected chi connectivity index (χ3v) is 5.27. The van der Waals surface area contributed by atoms with Gasteiger partial charge in [-0.25, -0.2) is 9.78 Å². The van der Waals surface area contributed by atoms with Gasteiger partial charge in [0, 0.05) is 28.6 Å². The number of H-pyrrole nitrogens is 1. The van der Waals surface area contributed by atoms with Crippen LogP contribution in [0.4, 0.5) is 10.6 Å². The number of hydrogen-bond acceptors (Lipinski definition) is 6. The summed E-state index contributed by atoms with van der Waals surface area (Å²) in [5, 5.41) is 15.6. The maximum absolute atomic E-state index is 12.1. The first-order valence-electron chi connectivity index (χ1n) is 9.43. The highest BCUT2D eigenvalue weighted by molar-refractivity contribution is 7.09. The van der Waals surface area contributed by atoms with Crippen LogP contribution in [0.25, 0.3) is 0 Å². The zero-order chi connectivity index (χ0) is 20.3. The molecule has 9 heteroatoms. The summed E-state index contributed by atoms with van der Waals surface area (Å²) in [6.45, 7) is 7.67. The Hall–Kier alpha value is -2.42. The van der Waals surface area contributed by atoms with Gasteiger partial charge in [-0.15, -0.1) is 11.3 Å². The first-order valence-corrected chi connectivity index (χ1v) is 10.3. The van der Waals surface area contributed by atoms with E-state index in [9.17, 15) is 9.59 Å². The van der Waals surface area contributed by atoms with E-state index in [1.165, 1.54) is 11.3 Å². The molecule has 1 saturated carbocycles. The Bertz CT molecular complexity index is 839. The van der Waals surface area contributed by atoms with Crippen LogP contribution in [-0.4, -0.2) is 38.8 Å². The predicted molar refractivity (Wildman–Crippen MR) is 108 cm³/mol. The maximum Gasteiger partial charge on any atom is 0.407 e. The lowest BCUT2D eigenvalue weighted by atomic mass is 10.0. The average Bonchev–Trinajstić information content (AvgIpc) is 3.27. The number of anilines is 1. The van der Waals surface area contributed by atoms with Crippen LogP contribution in [0.1, 0.15) is 62.3 Å². The van der Waals surface area contributed by atoms with Crippen molar-refractivity contribution < 1.29 is 14.3 Å².